The van der Waals surface area contributed by atoms with Crippen LogP contribution < -0.4 is 5.73 Å². The minimum Gasteiger partial charge on any atom is -0.508 e. The van der Waals surface area contributed by atoms with Gasteiger partial charge in [0.2, 0.25) is 0 Å². The van der Waals surface area contributed by atoms with Gasteiger partial charge in [-0.1, -0.05) is 0 Å². The number of phenols is 1. The van der Waals surface area contributed by atoms with Crippen molar-refractivity contribution in [2.75, 3.05) is 5.73 Å². The highest BCUT2D eigenvalue weighted by molar-refractivity contribution is 5.95. The van der Waals surface area contributed by atoms with Crippen LogP contribution in [0.3, 0.4) is 0 Å². The Kier molecular flexibility index (Phi) is 4.03. The van der Waals surface area contributed by atoms with Gasteiger partial charge in [-0.15, -0.1) is 0 Å². The maximum atomic E-state index is 11.8. The molecule has 2 aromatic rings. The summed E-state index contributed by atoms with van der Waals surface area (Å²) in [6, 6.07) is 9.62. The number of hydrogen-bond acceptors (Lipinski definition) is 6. The largest absolute Gasteiger partial charge is 0.508 e. The summed E-state index contributed by atoms with van der Waals surface area (Å²) in [5.74, 6) is -0.770. The van der Waals surface area contributed by atoms with Crippen molar-refractivity contribution in [2.24, 2.45) is 0 Å². The average Bonchev–Trinajstić information content (AvgIpc) is 2.47. The molecule has 0 aliphatic carbocycles. The number of carbonyl (C=O) groups is 1. The van der Waals surface area contributed by atoms with Gasteiger partial charge >= 0.3 is 5.97 Å². The molecular formula is C14H12N2O5. The number of nitrogens with two attached hydrogens (primary N) is 1. The van der Waals surface area contributed by atoms with Crippen LogP contribution in [0.5, 0.6) is 5.75 Å². The molecule has 21 heavy (non-hydrogen) atoms. The summed E-state index contributed by atoms with van der Waals surface area (Å²) in [6.07, 6.45) is 0. The lowest BCUT2D eigenvalue weighted by atomic mass is 10.1. The van der Waals surface area contributed by atoms with Crippen LogP contribution in [0.25, 0.3) is 0 Å². The minimum absolute atomic E-state index is 0.0395. The third-order valence-electron chi connectivity index (χ3n) is 2.77. The van der Waals surface area contributed by atoms with Gasteiger partial charge in [0.25, 0.3) is 5.69 Å². The number of esters is 1. The molecule has 0 saturated heterocycles. The number of non-ortho nitro benzene ring substituents is 1. The van der Waals surface area contributed by atoms with Crippen LogP contribution in [0, 0.1) is 10.1 Å². The number of ether oxygens (including phenoxy) is 1. The van der Waals surface area contributed by atoms with Crippen LogP contribution in [0.2, 0.25) is 0 Å². The number of rotatable bonds is 4. The van der Waals surface area contributed by atoms with Crippen molar-refractivity contribution in [1.29, 1.82) is 0 Å². The van der Waals surface area contributed by atoms with Crippen LogP contribution in [0.15, 0.2) is 42.5 Å². The number of nitrogen functional groups attached to an aromatic ring is 1. The first-order chi connectivity index (χ1) is 9.97. The van der Waals surface area contributed by atoms with Gasteiger partial charge in [-0.3, -0.25) is 10.1 Å². The van der Waals surface area contributed by atoms with E-state index in [4.69, 9.17) is 10.5 Å². The summed E-state index contributed by atoms with van der Waals surface area (Å²) < 4.78 is 5.05. The van der Waals surface area contributed by atoms with Crippen molar-refractivity contribution in [2.45, 2.75) is 6.61 Å². The van der Waals surface area contributed by atoms with E-state index < -0.39 is 10.9 Å². The molecule has 7 nitrogen and oxygen atoms in total. The number of benzene rings is 2. The number of aromatic hydroxyl groups is 1. The van der Waals surface area contributed by atoms with E-state index in [0.717, 1.165) is 0 Å². The molecule has 0 aliphatic heterocycles. The minimum atomic E-state index is -0.679. The van der Waals surface area contributed by atoms with Gasteiger partial charge in [-0.2, -0.15) is 0 Å². The van der Waals surface area contributed by atoms with Gasteiger partial charge in [-0.05, 0) is 35.9 Å². The zero-order valence-electron chi connectivity index (χ0n) is 10.9. The number of hydrogen-bond donors (Lipinski definition) is 2. The molecule has 0 bridgehead atoms. The molecule has 0 spiro atoms. The first kappa shape index (κ1) is 14.3. The second kappa shape index (κ2) is 5.91. The molecule has 2 rings (SSSR count). The molecule has 0 aromatic heterocycles. The van der Waals surface area contributed by atoms with E-state index in [1.807, 2.05) is 0 Å². The SMILES string of the molecule is Nc1ccc(O)cc1C(=O)OCc1ccc([N+](=O)[O-])cc1. The van der Waals surface area contributed by atoms with Crippen LogP contribution in [-0.4, -0.2) is 16.0 Å². The molecule has 0 saturated carbocycles. The van der Waals surface area contributed by atoms with Crippen LogP contribution in [0.4, 0.5) is 11.4 Å². The lowest BCUT2D eigenvalue weighted by molar-refractivity contribution is -0.384. The van der Waals surface area contributed by atoms with Crippen LogP contribution in [-0.2, 0) is 11.3 Å². The number of nitro benzene ring substituents is 1. The lowest BCUT2D eigenvalue weighted by Gasteiger charge is -2.07. The second-order valence-corrected chi connectivity index (χ2v) is 4.27. The van der Waals surface area contributed by atoms with Gasteiger partial charge in [0.1, 0.15) is 12.4 Å². The Bertz CT molecular complexity index is 682. The maximum absolute atomic E-state index is 11.8. The van der Waals surface area contributed by atoms with Gasteiger partial charge < -0.3 is 15.6 Å². The highest BCUT2D eigenvalue weighted by atomic mass is 16.6. The molecule has 0 fully saturated rings. The predicted molar refractivity (Wildman–Crippen MR) is 74.7 cm³/mol. The molecule has 0 aliphatic rings. The van der Waals surface area contributed by atoms with Crippen molar-refractivity contribution >= 4 is 17.3 Å². The standard InChI is InChI=1S/C14H12N2O5/c15-13-6-5-11(17)7-12(13)14(18)21-8-9-1-3-10(4-2-9)16(19)20/h1-7,17H,8,15H2. The normalized spacial score (nSPS) is 10.1. The van der Waals surface area contributed by atoms with E-state index in [0.29, 0.717) is 5.56 Å². The molecule has 0 amide bonds. The Morgan fingerprint density at radius 3 is 2.52 bits per heavy atom. The van der Waals surface area contributed by atoms with Gasteiger partial charge in [0, 0.05) is 17.8 Å². The van der Waals surface area contributed by atoms with Gasteiger partial charge in [0.15, 0.2) is 0 Å². The zero-order chi connectivity index (χ0) is 15.4. The first-order valence-electron chi connectivity index (χ1n) is 5.96. The molecule has 0 unspecified atom stereocenters. The van der Waals surface area contributed by atoms with Crippen molar-refractivity contribution in [3.8, 4) is 5.75 Å². The number of anilines is 1. The third-order valence-corrected chi connectivity index (χ3v) is 2.77. The molecule has 0 radical (unpaired) electrons. The first-order valence-corrected chi connectivity index (χ1v) is 5.96. The Morgan fingerprint density at radius 2 is 1.90 bits per heavy atom. The monoisotopic (exact) mass is 288 g/mol. The van der Waals surface area contributed by atoms with Crippen molar-refractivity contribution in [3.05, 3.63) is 63.7 Å². The lowest BCUT2D eigenvalue weighted by Crippen LogP contribution is -2.08. The van der Waals surface area contributed by atoms with Gasteiger partial charge in [0.05, 0.1) is 10.5 Å². The number of nitro groups is 1. The number of carbonyl (C=O) groups excluding carboxylic acids is 1. The quantitative estimate of drug-likeness (QED) is 0.293. The topological polar surface area (TPSA) is 116 Å². The summed E-state index contributed by atoms with van der Waals surface area (Å²) in [4.78, 5) is 21.8. The fourth-order valence-corrected chi connectivity index (χ4v) is 1.66. The Labute approximate surface area is 119 Å². The van der Waals surface area contributed by atoms with Crippen LogP contribution in [0.1, 0.15) is 15.9 Å². The van der Waals surface area contributed by atoms with Crippen molar-refractivity contribution < 1.29 is 19.6 Å². The fourth-order valence-electron chi connectivity index (χ4n) is 1.66. The summed E-state index contributed by atoms with van der Waals surface area (Å²) in [7, 11) is 0. The van der Waals surface area contributed by atoms with E-state index in [1.165, 1.54) is 42.5 Å². The van der Waals surface area contributed by atoms with E-state index >= 15 is 0 Å². The summed E-state index contributed by atoms with van der Waals surface area (Å²) >= 11 is 0. The molecule has 0 heterocycles. The van der Waals surface area contributed by atoms with Crippen molar-refractivity contribution in [1.82, 2.24) is 0 Å². The number of phenolic OH excluding ortho intramolecular Hbond substituents is 1. The highest BCUT2D eigenvalue weighted by Crippen LogP contribution is 2.20. The van der Waals surface area contributed by atoms with E-state index in [1.54, 1.807) is 0 Å². The maximum Gasteiger partial charge on any atom is 0.340 e. The summed E-state index contributed by atoms with van der Waals surface area (Å²) in [5.41, 5.74) is 6.45. The Balaban J connectivity index is 2.04. The fraction of sp³-hybridized carbons (Fsp3) is 0.0714. The Morgan fingerprint density at radius 1 is 1.24 bits per heavy atom. The Hall–Kier alpha value is -3.09. The molecule has 3 N–H and O–H groups in total. The number of nitrogens with zero attached hydrogens (tertiary/aromatic N) is 1. The van der Waals surface area contributed by atoms with Crippen LogP contribution >= 0.6 is 0 Å². The molecule has 108 valence electrons. The predicted octanol–water partition coefficient (Wildman–Crippen LogP) is 2.24. The van der Waals surface area contributed by atoms with E-state index in [-0.39, 0.29) is 29.3 Å². The molecule has 0 atom stereocenters. The smallest absolute Gasteiger partial charge is 0.340 e. The van der Waals surface area contributed by atoms with E-state index in [9.17, 15) is 20.0 Å². The average molecular weight is 288 g/mol. The van der Waals surface area contributed by atoms with Crippen molar-refractivity contribution in [3.63, 3.8) is 0 Å². The molecule has 7 heteroatoms. The molecule has 2 aromatic carbocycles. The van der Waals surface area contributed by atoms with Gasteiger partial charge in [-0.25, -0.2) is 4.79 Å². The summed E-state index contributed by atoms with van der Waals surface area (Å²) in [6.45, 7) is -0.0497. The third kappa shape index (κ3) is 3.47. The van der Waals surface area contributed by atoms with E-state index in [2.05, 4.69) is 0 Å². The molecular weight excluding hydrogens is 276 g/mol. The highest BCUT2D eigenvalue weighted by Gasteiger charge is 2.12. The zero-order valence-corrected chi connectivity index (χ0v) is 10.9. The summed E-state index contributed by atoms with van der Waals surface area (Å²) in [5, 5.41) is 19.8. The second-order valence-electron chi connectivity index (χ2n) is 4.27.